The van der Waals surface area contributed by atoms with E-state index in [2.05, 4.69) is 25.6 Å². The zero-order valence-corrected chi connectivity index (χ0v) is 14.1. The van der Waals surface area contributed by atoms with Crippen LogP contribution in [0.3, 0.4) is 0 Å². The molecule has 7 N–H and O–H groups in total. The molecule has 0 aliphatic carbocycles. The van der Waals surface area contributed by atoms with Gasteiger partial charge in [-0.3, -0.25) is 5.41 Å². The zero-order chi connectivity index (χ0) is 18.1. The van der Waals surface area contributed by atoms with Crippen LogP contribution < -0.4 is 22.1 Å². The summed E-state index contributed by atoms with van der Waals surface area (Å²) in [4.78, 5) is 12.5. The molecule has 0 amide bonds. The largest absolute Gasteiger partial charge is 0.424 e. The van der Waals surface area contributed by atoms with E-state index < -0.39 is 0 Å². The van der Waals surface area contributed by atoms with Crippen LogP contribution in [-0.2, 0) is 0 Å². The molecule has 3 aromatic rings. The monoisotopic (exact) mass is 352 g/mol. The van der Waals surface area contributed by atoms with Gasteiger partial charge in [-0.25, -0.2) is 9.97 Å². The van der Waals surface area contributed by atoms with Crippen LogP contribution >= 0.6 is 0 Å². The van der Waals surface area contributed by atoms with Crippen molar-refractivity contribution in [1.29, 1.82) is 5.41 Å². The van der Waals surface area contributed by atoms with Crippen molar-refractivity contribution in [2.24, 2.45) is 0 Å². The maximum absolute atomic E-state index is 8.65. The van der Waals surface area contributed by atoms with Gasteiger partial charge in [0.2, 0.25) is 0 Å². The lowest BCUT2D eigenvalue weighted by Gasteiger charge is -2.25. The highest BCUT2D eigenvalue weighted by Crippen LogP contribution is 2.25. The fraction of sp³-hybridized carbons (Fsp3) is 0.294. The number of nitrogen functional groups attached to an aromatic ring is 2. The Morgan fingerprint density at radius 1 is 1.23 bits per heavy atom. The molecule has 0 radical (unpaired) electrons. The van der Waals surface area contributed by atoms with Crippen LogP contribution in [0.2, 0.25) is 0 Å². The standard InChI is InChI=1S/C17H20N8O/c18-14(9-1-2-12-11(7-9)25-17(20)26-12)13-15(19)22-8-23-16(13)24-10-3-5-21-6-4-10/h1-2,7-8,10,18,21H,3-6H2,(H2,20,25)(H3,19,22,23,24). The van der Waals surface area contributed by atoms with Crippen LogP contribution in [0, 0.1) is 5.41 Å². The van der Waals surface area contributed by atoms with Crippen molar-refractivity contribution >= 4 is 34.5 Å². The molecule has 1 aliphatic rings. The number of aromatic nitrogens is 3. The van der Waals surface area contributed by atoms with E-state index in [0.717, 1.165) is 25.9 Å². The van der Waals surface area contributed by atoms with E-state index in [1.807, 2.05) is 0 Å². The number of nitrogens with one attached hydrogen (secondary N) is 3. The number of anilines is 3. The van der Waals surface area contributed by atoms with Gasteiger partial charge in [0.15, 0.2) is 5.58 Å². The lowest BCUT2D eigenvalue weighted by atomic mass is 10.0. The molecular formula is C17H20N8O. The third kappa shape index (κ3) is 3.04. The van der Waals surface area contributed by atoms with Crippen molar-refractivity contribution in [1.82, 2.24) is 20.3 Å². The molecule has 1 aliphatic heterocycles. The Bertz CT molecular complexity index is 961. The summed E-state index contributed by atoms with van der Waals surface area (Å²) in [6.07, 6.45) is 3.39. The second-order valence-corrected chi connectivity index (χ2v) is 6.26. The Kier molecular flexibility index (Phi) is 4.13. The minimum atomic E-state index is 0.0968. The minimum absolute atomic E-state index is 0.0968. The Morgan fingerprint density at radius 3 is 2.85 bits per heavy atom. The molecule has 4 rings (SSSR count). The predicted molar refractivity (Wildman–Crippen MR) is 100 cm³/mol. The molecule has 134 valence electrons. The van der Waals surface area contributed by atoms with Crippen molar-refractivity contribution in [3.63, 3.8) is 0 Å². The first-order chi connectivity index (χ1) is 12.6. The van der Waals surface area contributed by atoms with Gasteiger partial charge < -0.3 is 26.5 Å². The van der Waals surface area contributed by atoms with Crippen LogP contribution in [0.5, 0.6) is 0 Å². The summed E-state index contributed by atoms with van der Waals surface area (Å²) in [7, 11) is 0. The Morgan fingerprint density at radius 2 is 2.04 bits per heavy atom. The van der Waals surface area contributed by atoms with Gasteiger partial charge in [0.25, 0.3) is 6.01 Å². The highest BCUT2D eigenvalue weighted by Gasteiger charge is 2.20. The molecule has 0 saturated carbocycles. The van der Waals surface area contributed by atoms with Gasteiger partial charge in [-0.15, -0.1) is 0 Å². The first-order valence-corrected chi connectivity index (χ1v) is 8.45. The predicted octanol–water partition coefficient (Wildman–Crippen LogP) is 1.36. The average molecular weight is 352 g/mol. The molecule has 2 aromatic heterocycles. The number of piperidine rings is 1. The van der Waals surface area contributed by atoms with Crippen molar-refractivity contribution in [3.05, 3.63) is 35.7 Å². The van der Waals surface area contributed by atoms with Crippen LogP contribution in [0.25, 0.3) is 11.1 Å². The fourth-order valence-electron chi connectivity index (χ4n) is 3.16. The van der Waals surface area contributed by atoms with Gasteiger partial charge in [0, 0.05) is 11.6 Å². The molecule has 0 bridgehead atoms. The summed E-state index contributed by atoms with van der Waals surface area (Å²) in [5.74, 6) is 0.843. The van der Waals surface area contributed by atoms with Gasteiger partial charge in [-0.1, -0.05) is 0 Å². The van der Waals surface area contributed by atoms with Gasteiger partial charge in [0.05, 0.1) is 11.3 Å². The van der Waals surface area contributed by atoms with Crippen molar-refractivity contribution in [3.8, 4) is 0 Å². The molecule has 1 aromatic carbocycles. The molecule has 26 heavy (non-hydrogen) atoms. The minimum Gasteiger partial charge on any atom is -0.424 e. The molecule has 0 spiro atoms. The molecule has 0 atom stereocenters. The van der Waals surface area contributed by atoms with Crippen LogP contribution in [0.4, 0.5) is 17.7 Å². The molecule has 3 heterocycles. The van der Waals surface area contributed by atoms with Crippen LogP contribution in [0.1, 0.15) is 24.0 Å². The van der Waals surface area contributed by atoms with E-state index in [1.54, 1.807) is 18.2 Å². The van der Waals surface area contributed by atoms with Crippen LogP contribution in [0.15, 0.2) is 28.9 Å². The molecule has 0 unspecified atom stereocenters. The number of hydrogen-bond donors (Lipinski definition) is 5. The number of oxazole rings is 1. The lowest BCUT2D eigenvalue weighted by molar-refractivity contribution is 0.478. The summed E-state index contributed by atoms with van der Waals surface area (Å²) in [5, 5.41) is 15.4. The smallest absolute Gasteiger partial charge is 0.292 e. The van der Waals surface area contributed by atoms with E-state index in [9.17, 15) is 0 Å². The summed E-state index contributed by atoms with van der Waals surface area (Å²) in [5.41, 5.74) is 14.2. The number of nitrogens with zero attached hydrogens (tertiary/aromatic N) is 3. The number of hydrogen-bond acceptors (Lipinski definition) is 9. The van der Waals surface area contributed by atoms with Crippen molar-refractivity contribution in [2.75, 3.05) is 29.9 Å². The quantitative estimate of drug-likeness (QED) is 0.441. The normalized spacial score (nSPS) is 15.2. The first kappa shape index (κ1) is 16.3. The van der Waals surface area contributed by atoms with Gasteiger partial charge >= 0.3 is 0 Å². The van der Waals surface area contributed by atoms with Crippen LogP contribution in [-0.4, -0.2) is 39.8 Å². The first-order valence-electron chi connectivity index (χ1n) is 8.45. The highest BCUT2D eigenvalue weighted by atomic mass is 16.4. The van der Waals surface area contributed by atoms with E-state index in [1.165, 1.54) is 6.33 Å². The maximum atomic E-state index is 8.65. The number of nitrogens with two attached hydrogens (primary N) is 2. The summed E-state index contributed by atoms with van der Waals surface area (Å²) < 4.78 is 5.28. The average Bonchev–Trinajstić information content (AvgIpc) is 3.01. The number of fused-ring (bicyclic) bond motifs is 1. The summed E-state index contributed by atoms with van der Waals surface area (Å²) in [6, 6.07) is 5.64. The van der Waals surface area contributed by atoms with Gasteiger partial charge in [-0.05, 0) is 44.1 Å². The van der Waals surface area contributed by atoms with E-state index in [4.69, 9.17) is 21.3 Å². The molecule has 1 saturated heterocycles. The van der Waals surface area contributed by atoms with E-state index >= 15 is 0 Å². The zero-order valence-electron chi connectivity index (χ0n) is 14.1. The second-order valence-electron chi connectivity index (χ2n) is 6.26. The second kappa shape index (κ2) is 6.60. The maximum Gasteiger partial charge on any atom is 0.292 e. The molecular weight excluding hydrogens is 332 g/mol. The van der Waals surface area contributed by atoms with Gasteiger partial charge in [-0.2, -0.15) is 4.98 Å². The Labute approximate surface area is 149 Å². The Hall–Kier alpha value is -3.20. The van der Waals surface area contributed by atoms with E-state index in [0.29, 0.717) is 28.0 Å². The van der Waals surface area contributed by atoms with E-state index in [-0.39, 0.29) is 23.6 Å². The Balaban J connectivity index is 1.69. The topological polar surface area (TPSA) is 152 Å². The third-order valence-corrected chi connectivity index (χ3v) is 4.50. The highest BCUT2D eigenvalue weighted by molar-refractivity contribution is 6.17. The number of rotatable bonds is 4. The third-order valence-electron chi connectivity index (χ3n) is 4.50. The van der Waals surface area contributed by atoms with Crippen molar-refractivity contribution < 1.29 is 4.42 Å². The van der Waals surface area contributed by atoms with Crippen molar-refractivity contribution in [2.45, 2.75) is 18.9 Å². The lowest BCUT2D eigenvalue weighted by Crippen LogP contribution is -2.36. The molecule has 9 heteroatoms. The molecule has 9 nitrogen and oxygen atoms in total. The number of benzene rings is 1. The summed E-state index contributed by atoms with van der Waals surface area (Å²) >= 11 is 0. The fourth-order valence-corrected chi connectivity index (χ4v) is 3.16. The SMILES string of the molecule is N=C(c1ccc2oc(N)nc2c1)c1c(N)ncnc1NC1CCNCC1. The summed E-state index contributed by atoms with van der Waals surface area (Å²) in [6.45, 7) is 1.91. The molecule has 1 fully saturated rings. The van der Waals surface area contributed by atoms with Gasteiger partial charge in [0.1, 0.15) is 23.5 Å².